The predicted molar refractivity (Wildman–Crippen MR) is 74.0 cm³/mol. The first-order valence-corrected chi connectivity index (χ1v) is 7.01. The molecule has 5 nitrogen and oxygen atoms in total. The molecule has 2 amide bonds. The minimum atomic E-state index is -1.04. The van der Waals surface area contributed by atoms with Gasteiger partial charge in [0.15, 0.2) is 0 Å². The Kier molecular flexibility index (Phi) is 7.00. The average molecular weight is 268 g/mol. The number of carbonyl (C=O) groups excluding carboxylic acids is 1. The van der Waals surface area contributed by atoms with Gasteiger partial charge in [-0.15, -0.1) is 6.58 Å². The second-order valence-corrected chi connectivity index (χ2v) is 5.11. The molecule has 1 atom stereocenters. The Morgan fingerprint density at radius 2 is 2.05 bits per heavy atom. The summed E-state index contributed by atoms with van der Waals surface area (Å²) in [6, 6.07) is -1.31. The lowest BCUT2D eigenvalue weighted by Crippen LogP contribution is -2.46. The first-order chi connectivity index (χ1) is 9.13. The van der Waals surface area contributed by atoms with E-state index >= 15 is 0 Å². The van der Waals surface area contributed by atoms with Crippen LogP contribution in [0.5, 0.6) is 0 Å². The lowest BCUT2D eigenvalue weighted by Gasteiger charge is -2.14. The van der Waals surface area contributed by atoms with E-state index in [0.717, 1.165) is 18.8 Å². The third-order valence-electron chi connectivity index (χ3n) is 3.56. The van der Waals surface area contributed by atoms with Crippen molar-refractivity contribution >= 4 is 12.0 Å². The van der Waals surface area contributed by atoms with Gasteiger partial charge >= 0.3 is 12.0 Å². The van der Waals surface area contributed by atoms with Gasteiger partial charge in [-0.2, -0.15) is 0 Å². The zero-order chi connectivity index (χ0) is 14.1. The molecule has 0 aliphatic heterocycles. The molecule has 0 spiro atoms. The van der Waals surface area contributed by atoms with Crippen LogP contribution in [-0.4, -0.2) is 29.7 Å². The zero-order valence-electron chi connectivity index (χ0n) is 11.4. The van der Waals surface area contributed by atoms with Gasteiger partial charge in [-0.1, -0.05) is 31.8 Å². The quantitative estimate of drug-likeness (QED) is 0.467. The second-order valence-electron chi connectivity index (χ2n) is 5.11. The van der Waals surface area contributed by atoms with Gasteiger partial charge < -0.3 is 15.7 Å². The highest BCUT2D eigenvalue weighted by atomic mass is 16.4. The summed E-state index contributed by atoms with van der Waals surface area (Å²) in [6.07, 6.45) is 9.11. The van der Waals surface area contributed by atoms with Gasteiger partial charge in [0.2, 0.25) is 0 Å². The first-order valence-electron chi connectivity index (χ1n) is 7.01. The molecule has 0 aromatic rings. The number of hydrogen-bond donors (Lipinski definition) is 3. The van der Waals surface area contributed by atoms with E-state index in [9.17, 15) is 9.59 Å². The van der Waals surface area contributed by atoms with E-state index in [-0.39, 0.29) is 6.42 Å². The monoisotopic (exact) mass is 268 g/mol. The van der Waals surface area contributed by atoms with E-state index in [0.29, 0.717) is 6.54 Å². The molecule has 0 aromatic heterocycles. The molecule has 1 unspecified atom stereocenters. The number of amides is 2. The van der Waals surface area contributed by atoms with Gasteiger partial charge in [0.1, 0.15) is 6.04 Å². The minimum Gasteiger partial charge on any atom is -0.480 e. The zero-order valence-corrected chi connectivity index (χ0v) is 11.4. The fourth-order valence-electron chi connectivity index (χ4n) is 2.49. The third kappa shape index (κ3) is 6.27. The first kappa shape index (κ1) is 15.5. The number of carboxylic acid groups (broad SMARTS) is 1. The summed E-state index contributed by atoms with van der Waals surface area (Å²) in [5.41, 5.74) is 0. The van der Waals surface area contributed by atoms with Crippen LogP contribution in [0.15, 0.2) is 12.7 Å². The van der Waals surface area contributed by atoms with E-state index in [2.05, 4.69) is 17.2 Å². The Bertz CT molecular complexity index is 312. The molecule has 19 heavy (non-hydrogen) atoms. The fourth-order valence-corrected chi connectivity index (χ4v) is 2.49. The molecule has 1 rings (SSSR count). The van der Waals surface area contributed by atoms with Crippen LogP contribution in [-0.2, 0) is 4.79 Å². The molecule has 0 heterocycles. The number of nitrogens with one attached hydrogen (secondary N) is 2. The average Bonchev–Trinajstić information content (AvgIpc) is 2.87. The van der Waals surface area contributed by atoms with Crippen molar-refractivity contribution in [1.29, 1.82) is 0 Å². The van der Waals surface area contributed by atoms with Crippen LogP contribution in [0.4, 0.5) is 4.79 Å². The summed E-state index contributed by atoms with van der Waals surface area (Å²) < 4.78 is 0. The maximum atomic E-state index is 11.5. The smallest absolute Gasteiger partial charge is 0.326 e. The Morgan fingerprint density at radius 3 is 2.63 bits per heavy atom. The van der Waals surface area contributed by atoms with Crippen LogP contribution in [0.3, 0.4) is 0 Å². The summed E-state index contributed by atoms with van der Waals surface area (Å²) in [4.78, 5) is 22.3. The molecule has 0 saturated heterocycles. The van der Waals surface area contributed by atoms with Crippen molar-refractivity contribution < 1.29 is 14.7 Å². The van der Waals surface area contributed by atoms with Crippen molar-refractivity contribution in [2.45, 2.75) is 51.0 Å². The van der Waals surface area contributed by atoms with Gasteiger partial charge in [-0.3, -0.25) is 0 Å². The van der Waals surface area contributed by atoms with Crippen molar-refractivity contribution in [2.24, 2.45) is 5.92 Å². The Hall–Kier alpha value is -1.52. The van der Waals surface area contributed by atoms with Crippen LogP contribution < -0.4 is 10.6 Å². The van der Waals surface area contributed by atoms with Crippen molar-refractivity contribution in [3.63, 3.8) is 0 Å². The number of carbonyl (C=O) groups is 2. The molecule has 1 saturated carbocycles. The van der Waals surface area contributed by atoms with Crippen molar-refractivity contribution in [3.05, 3.63) is 12.7 Å². The van der Waals surface area contributed by atoms with Crippen LogP contribution in [0.25, 0.3) is 0 Å². The lowest BCUT2D eigenvalue weighted by molar-refractivity contribution is -0.139. The standard InChI is InChI=1S/C14H24N2O3/c1-2-6-12(13(17)18)16-14(19)15-10-5-9-11-7-3-4-8-11/h2,11-12H,1,3-10H2,(H,17,18)(H2,15,16,19). The summed E-state index contributed by atoms with van der Waals surface area (Å²) in [7, 11) is 0. The second kappa shape index (κ2) is 8.56. The molecule has 1 aliphatic carbocycles. The molecular formula is C14H24N2O3. The van der Waals surface area contributed by atoms with Crippen LogP contribution in [0, 0.1) is 5.92 Å². The largest absolute Gasteiger partial charge is 0.480 e. The predicted octanol–water partition coefficient (Wildman–Crippen LogP) is 2.29. The van der Waals surface area contributed by atoms with E-state index in [4.69, 9.17) is 5.11 Å². The highest BCUT2D eigenvalue weighted by Crippen LogP contribution is 2.28. The number of aliphatic carboxylic acids is 1. The molecule has 0 radical (unpaired) electrons. The summed E-state index contributed by atoms with van der Waals surface area (Å²) in [5, 5.41) is 14.0. The number of hydrogen-bond acceptors (Lipinski definition) is 2. The van der Waals surface area contributed by atoms with E-state index in [1.165, 1.54) is 31.8 Å². The van der Waals surface area contributed by atoms with E-state index < -0.39 is 18.0 Å². The van der Waals surface area contributed by atoms with Crippen molar-refractivity contribution in [1.82, 2.24) is 10.6 Å². The Labute approximate surface area is 114 Å². The Balaban J connectivity index is 2.12. The van der Waals surface area contributed by atoms with Gasteiger partial charge in [-0.25, -0.2) is 9.59 Å². The SMILES string of the molecule is C=CCC(NC(=O)NCCCC1CCCC1)C(=O)O. The number of urea groups is 1. The highest BCUT2D eigenvalue weighted by Gasteiger charge is 2.18. The summed E-state index contributed by atoms with van der Waals surface area (Å²) in [6.45, 7) is 4.07. The Morgan fingerprint density at radius 1 is 1.37 bits per heavy atom. The fraction of sp³-hybridized carbons (Fsp3) is 0.714. The number of carboxylic acids is 1. The van der Waals surface area contributed by atoms with Crippen LogP contribution in [0.2, 0.25) is 0 Å². The molecule has 1 aliphatic rings. The summed E-state index contributed by atoms with van der Waals surface area (Å²) in [5.74, 6) is -0.224. The molecule has 5 heteroatoms. The summed E-state index contributed by atoms with van der Waals surface area (Å²) >= 11 is 0. The van der Waals surface area contributed by atoms with E-state index in [1.54, 1.807) is 0 Å². The topological polar surface area (TPSA) is 78.4 Å². The molecule has 3 N–H and O–H groups in total. The van der Waals surface area contributed by atoms with Gasteiger partial charge in [0.05, 0.1) is 0 Å². The molecule has 108 valence electrons. The normalized spacial score (nSPS) is 16.8. The van der Waals surface area contributed by atoms with Gasteiger partial charge in [0.25, 0.3) is 0 Å². The maximum Gasteiger partial charge on any atom is 0.326 e. The third-order valence-corrected chi connectivity index (χ3v) is 3.56. The highest BCUT2D eigenvalue weighted by molar-refractivity contribution is 5.82. The van der Waals surface area contributed by atoms with Crippen molar-refractivity contribution in [3.8, 4) is 0 Å². The molecular weight excluding hydrogens is 244 g/mol. The minimum absolute atomic E-state index is 0.227. The maximum absolute atomic E-state index is 11.5. The molecule has 1 fully saturated rings. The number of rotatable bonds is 8. The van der Waals surface area contributed by atoms with Crippen LogP contribution in [0.1, 0.15) is 44.9 Å². The van der Waals surface area contributed by atoms with Gasteiger partial charge in [0, 0.05) is 6.54 Å². The van der Waals surface area contributed by atoms with Crippen molar-refractivity contribution in [2.75, 3.05) is 6.54 Å². The lowest BCUT2D eigenvalue weighted by atomic mass is 10.0. The van der Waals surface area contributed by atoms with Crippen LogP contribution >= 0.6 is 0 Å². The molecule has 0 bridgehead atoms. The van der Waals surface area contributed by atoms with E-state index in [1.807, 2.05) is 0 Å². The molecule has 0 aromatic carbocycles. The van der Waals surface area contributed by atoms with Gasteiger partial charge in [-0.05, 0) is 25.2 Å².